The van der Waals surface area contributed by atoms with Gasteiger partial charge in [0.1, 0.15) is 0 Å². The highest BCUT2D eigenvalue weighted by Gasteiger charge is 2.10. The molecule has 0 aliphatic heterocycles. The lowest BCUT2D eigenvalue weighted by molar-refractivity contribution is 0.0696. The van der Waals surface area contributed by atoms with Crippen molar-refractivity contribution >= 4 is 5.97 Å². The predicted molar refractivity (Wildman–Crippen MR) is 86.4 cm³/mol. The van der Waals surface area contributed by atoms with Gasteiger partial charge in [-0.2, -0.15) is 0 Å². The van der Waals surface area contributed by atoms with Gasteiger partial charge < -0.3 is 19.7 Å². The molecule has 5 heteroatoms. The second kappa shape index (κ2) is 8.19. The molecule has 0 atom stereocenters. The van der Waals surface area contributed by atoms with Crippen LogP contribution >= 0.6 is 0 Å². The number of aliphatic hydroxyl groups excluding tert-OH is 1. The Morgan fingerprint density at radius 2 is 1.74 bits per heavy atom. The van der Waals surface area contributed by atoms with E-state index < -0.39 is 5.97 Å². The van der Waals surface area contributed by atoms with Gasteiger partial charge in [-0.05, 0) is 35.7 Å². The first-order valence-electron chi connectivity index (χ1n) is 7.37. The zero-order valence-electron chi connectivity index (χ0n) is 13.0. The number of carbonyl (C=O) groups is 1. The van der Waals surface area contributed by atoms with E-state index in [0.29, 0.717) is 30.9 Å². The molecule has 0 saturated heterocycles. The van der Waals surface area contributed by atoms with E-state index in [4.69, 9.17) is 19.7 Å². The lowest BCUT2D eigenvalue weighted by Crippen LogP contribution is -2.06. The van der Waals surface area contributed by atoms with Crippen LogP contribution in [0.4, 0.5) is 0 Å². The van der Waals surface area contributed by atoms with Crippen LogP contribution < -0.4 is 9.47 Å². The number of methoxy groups -OCH3 is 1. The minimum absolute atomic E-state index is 0.104. The van der Waals surface area contributed by atoms with Gasteiger partial charge in [0.2, 0.25) is 0 Å². The molecule has 0 aliphatic carbocycles. The second-order valence-corrected chi connectivity index (χ2v) is 5.01. The fourth-order valence-electron chi connectivity index (χ4n) is 2.36. The van der Waals surface area contributed by atoms with Gasteiger partial charge in [0.05, 0.1) is 19.3 Å². The highest BCUT2D eigenvalue weighted by Crippen LogP contribution is 2.28. The number of aliphatic hydroxyl groups is 1. The number of hydrogen-bond donors (Lipinski definition) is 2. The molecule has 0 heterocycles. The first kappa shape index (κ1) is 16.8. The normalized spacial score (nSPS) is 10.3. The maximum atomic E-state index is 11.0. The molecule has 2 N–H and O–H groups in total. The number of aromatic carboxylic acids is 1. The van der Waals surface area contributed by atoms with E-state index >= 15 is 0 Å². The lowest BCUT2D eigenvalue weighted by Gasteiger charge is -2.13. The summed E-state index contributed by atoms with van der Waals surface area (Å²) in [6.07, 6.45) is 1.27. The average Bonchev–Trinajstić information content (AvgIpc) is 2.56. The molecule has 0 radical (unpaired) electrons. The Morgan fingerprint density at radius 1 is 1.04 bits per heavy atom. The van der Waals surface area contributed by atoms with Crippen LogP contribution in [0.3, 0.4) is 0 Å². The van der Waals surface area contributed by atoms with Crippen molar-refractivity contribution in [3.05, 3.63) is 59.2 Å². The van der Waals surface area contributed by atoms with Crippen molar-refractivity contribution in [1.82, 2.24) is 0 Å². The molecule has 0 amide bonds. The minimum atomic E-state index is -1.01. The van der Waals surface area contributed by atoms with Gasteiger partial charge in [-0.25, -0.2) is 4.79 Å². The maximum absolute atomic E-state index is 11.0. The van der Waals surface area contributed by atoms with Gasteiger partial charge in [-0.15, -0.1) is 0 Å². The first-order chi connectivity index (χ1) is 11.2. The fourth-order valence-corrected chi connectivity index (χ4v) is 2.36. The fraction of sp³-hybridized carbons (Fsp3) is 0.278. The van der Waals surface area contributed by atoms with Crippen molar-refractivity contribution in [3.63, 3.8) is 0 Å². The molecule has 122 valence electrons. The van der Waals surface area contributed by atoms with Gasteiger partial charge >= 0.3 is 5.97 Å². The number of carboxylic acid groups (broad SMARTS) is 1. The Hall–Kier alpha value is -2.53. The summed E-state index contributed by atoms with van der Waals surface area (Å²) in [5.41, 5.74) is 2.35. The smallest absolute Gasteiger partial charge is 0.335 e. The van der Waals surface area contributed by atoms with Gasteiger partial charge in [-0.1, -0.05) is 24.3 Å². The van der Waals surface area contributed by atoms with E-state index in [9.17, 15) is 4.79 Å². The third kappa shape index (κ3) is 4.47. The van der Waals surface area contributed by atoms with E-state index in [2.05, 4.69) is 0 Å². The molecular formula is C18H20O5. The Balaban J connectivity index is 2.06. The van der Waals surface area contributed by atoms with Crippen LogP contribution in [0, 0.1) is 0 Å². The number of rotatable bonds is 8. The van der Waals surface area contributed by atoms with E-state index in [1.165, 1.54) is 19.2 Å². The zero-order valence-corrected chi connectivity index (χ0v) is 13.0. The maximum Gasteiger partial charge on any atom is 0.335 e. The summed E-state index contributed by atoms with van der Waals surface area (Å²) in [6, 6.07) is 12.4. The largest absolute Gasteiger partial charge is 0.493 e. The summed E-state index contributed by atoms with van der Waals surface area (Å²) in [5.74, 6) is -0.100. The van der Waals surface area contributed by atoms with Crippen LogP contribution in [-0.2, 0) is 12.8 Å². The van der Waals surface area contributed by atoms with Crippen LogP contribution in [-0.4, -0.2) is 36.5 Å². The lowest BCUT2D eigenvalue weighted by atomic mass is 10.0. The summed E-state index contributed by atoms with van der Waals surface area (Å²) < 4.78 is 10.9. The van der Waals surface area contributed by atoms with E-state index in [0.717, 1.165) is 11.1 Å². The molecule has 23 heavy (non-hydrogen) atoms. The van der Waals surface area contributed by atoms with Gasteiger partial charge in [-0.3, -0.25) is 0 Å². The van der Waals surface area contributed by atoms with Crippen molar-refractivity contribution in [1.29, 1.82) is 0 Å². The van der Waals surface area contributed by atoms with Crippen LogP contribution in [0.25, 0.3) is 0 Å². The molecule has 0 saturated carbocycles. The van der Waals surface area contributed by atoms with Crippen molar-refractivity contribution < 1.29 is 24.5 Å². The third-order valence-electron chi connectivity index (χ3n) is 3.54. The van der Waals surface area contributed by atoms with Crippen LogP contribution in [0.15, 0.2) is 42.5 Å². The SMILES string of the molecule is COc1ccc(C(=O)O)cc1OCCc1ccccc1CCO. The Morgan fingerprint density at radius 3 is 2.35 bits per heavy atom. The van der Waals surface area contributed by atoms with Gasteiger partial charge in [0, 0.05) is 13.0 Å². The Kier molecular flexibility index (Phi) is 6.00. The zero-order chi connectivity index (χ0) is 16.7. The summed E-state index contributed by atoms with van der Waals surface area (Å²) >= 11 is 0. The average molecular weight is 316 g/mol. The third-order valence-corrected chi connectivity index (χ3v) is 3.54. The Bertz CT molecular complexity index is 666. The van der Waals surface area contributed by atoms with Crippen LogP contribution in [0.1, 0.15) is 21.5 Å². The molecule has 0 spiro atoms. The van der Waals surface area contributed by atoms with Crippen molar-refractivity contribution in [2.75, 3.05) is 20.3 Å². The molecule has 5 nitrogen and oxygen atoms in total. The Labute approximate surface area is 135 Å². The quantitative estimate of drug-likeness (QED) is 0.783. The van der Waals surface area contributed by atoms with Crippen molar-refractivity contribution in [2.24, 2.45) is 0 Å². The molecule has 0 aliphatic rings. The van der Waals surface area contributed by atoms with Crippen LogP contribution in [0.5, 0.6) is 11.5 Å². The predicted octanol–water partition coefficient (Wildman–Crippen LogP) is 2.55. The molecular weight excluding hydrogens is 296 g/mol. The number of carboxylic acids is 1. The molecule has 0 unspecified atom stereocenters. The summed E-state index contributed by atoms with van der Waals surface area (Å²) in [6.45, 7) is 0.494. The first-order valence-corrected chi connectivity index (χ1v) is 7.37. The van der Waals surface area contributed by atoms with Crippen molar-refractivity contribution in [3.8, 4) is 11.5 Å². The van der Waals surface area contributed by atoms with Crippen LogP contribution in [0.2, 0.25) is 0 Å². The molecule has 2 aromatic carbocycles. The number of hydrogen-bond acceptors (Lipinski definition) is 4. The molecule has 0 bridgehead atoms. The van der Waals surface area contributed by atoms with E-state index in [1.54, 1.807) is 6.07 Å². The standard InChI is InChI=1S/C18H20O5/c1-22-16-7-6-15(18(20)21)12-17(16)23-11-9-14-5-3-2-4-13(14)8-10-19/h2-7,12,19H,8-11H2,1H3,(H,20,21). The highest BCUT2D eigenvalue weighted by atomic mass is 16.5. The van der Waals surface area contributed by atoms with Crippen molar-refractivity contribution in [2.45, 2.75) is 12.8 Å². The molecule has 2 rings (SSSR count). The molecule has 0 aromatic heterocycles. The topological polar surface area (TPSA) is 76.0 Å². The molecule has 0 fully saturated rings. The number of ether oxygens (including phenoxy) is 2. The summed E-state index contributed by atoms with van der Waals surface area (Å²) in [7, 11) is 1.51. The summed E-state index contributed by atoms with van der Waals surface area (Å²) in [5, 5.41) is 18.1. The summed E-state index contributed by atoms with van der Waals surface area (Å²) in [4.78, 5) is 11.0. The minimum Gasteiger partial charge on any atom is -0.493 e. The van der Waals surface area contributed by atoms with E-state index in [-0.39, 0.29) is 12.2 Å². The highest BCUT2D eigenvalue weighted by molar-refractivity contribution is 5.88. The monoisotopic (exact) mass is 316 g/mol. The van der Waals surface area contributed by atoms with Gasteiger partial charge in [0.15, 0.2) is 11.5 Å². The molecule has 2 aromatic rings. The van der Waals surface area contributed by atoms with E-state index in [1.807, 2.05) is 24.3 Å². The second-order valence-electron chi connectivity index (χ2n) is 5.01. The van der Waals surface area contributed by atoms with Gasteiger partial charge in [0.25, 0.3) is 0 Å². The number of benzene rings is 2.